The Morgan fingerprint density at radius 2 is 1.85 bits per heavy atom. The highest BCUT2D eigenvalue weighted by molar-refractivity contribution is 6.22. The fourth-order valence-electron chi connectivity index (χ4n) is 1.85. The van der Waals surface area contributed by atoms with Gasteiger partial charge in [0.05, 0.1) is 13.0 Å². The van der Waals surface area contributed by atoms with Gasteiger partial charge in [0, 0.05) is 5.69 Å². The summed E-state index contributed by atoms with van der Waals surface area (Å²) in [6.07, 6.45) is -3.53. The zero-order valence-corrected chi connectivity index (χ0v) is 10.8. The zero-order chi connectivity index (χ0) is 15.0. The summed E-state index contributed by atoms with van der Waals surface area (Å²) < 4.78 is 56.0. The van der Waals surface area contributed by atoms with E-state index in [0.29, 0.717) is 5.69 Å². The van der Waals surface area contributed by atoms with Gasteiger partial charge >= 0.3 is 17.4 Å². The van der Waals surface area contributed by atoms with Crippen LogP contribution in [0.1, 0.15) is 6.42 Å². The van der Waals surface area contributed by atoms with E-state index in [1.807, 2.05) is 0 Å². The Labute approximate surface area is 117 Å². The Kier molecular flexibility index (Phi) is 3.82. The number of benzene rings is 1. The molecule has 1 fully saturated rings. The third-order valence-electron chi connectivity index (χ3n) is 2.84. The van der Waals surface area contributed by atoms with E-state index in [-0.39, 0.29) is 6.54 Å². The quantitative estimate of drug-likeness (QED) is 0.624. The van der Waals surface area contributed by atoms with Crippen LogP contribution in [0.3, 0.4) is 0 Å². The van der Waals surface area contributed by atoms with Gasteiger partial charge in [0.1, 0.15) is 6.10 Å². The number of rotatable bonds is 4. The minimum absolute atomic E-state index is 0.231. The Balaban J connectivity index is 2.07. The molecule has 0 aliphatic carbocycles. The van der Waals surface area contributed by atoms with Crippen molar-refractivity contribution in [3.63, 3.8) is 0 Å². The number of amides is 1. The normalized spacial score (nSPS) is 20.1. The van der Waals surface area contributed by atoms with Crippen LogP contribution in [0.5, 0.6) is 0 Å². The Bertz CT molecular complexity index is 492. The SMILES string of the molecule is O=C1OC(CC(F)(F)C(F)(F)Cl)CN1c1ccccc1. The van der Waals surface area contributed by atoms with Gasteiger partial charge in [-0.15, -0.1) is 0 Å². The van der Waals surface area contributed by atoms with Gasteiger partial charge < -0.3 is 4.74 Å². The third-order valence-corrected chi connectivity index (χ3v) is 3.12. The van der Waals surface area contributed by atoms with Crippen LogP contribution in [0.4, 0.5) is 28.0 Å². The number of para-hydroxylation sites is 1. The van der Waals surface area contributed by atoms with E-state index in [1.54, 1.807) is 30.3 Å². The summed E-state index contributed by atoms with van der Waals surface area (Å²) >= 11 is 4.36. The lowest BCUT2D eigenvalue weighted by Gasteiger charge is -2.22. The molecule has 0 N–H and O–H groups in total. The molecule has 20 heavy (non-hydrogen) atoms. The van der Waals surface area contributed by atoms with Crippen molar-refractivity contribution >= 4 is 23.4 Å². The largest absolute Gasteiger partial charge is 0.444 e. The predicted octanol–water partition coefficient (Wildman–Crippen LogP) is 3.87. The van der Waals surface area contributed by atoms with Gasteiger partial charge in [0.25, 0.3) is 0 Å². The van der Waals surface area contributed by atoms with Crippen molar-refractivity contribution < 1.29 is 27.1 Å². The van der Waals surface area contributed by atoms with Gasteiger partial charge in [0.15, 0.2) is 0 Å². The lowest BCUT2D eigenvalue weighted by molar-refractivity contribution is -0.171. The second-order valence-electron chi connectivity index (χ2n) is 4.36. The van der Waals surface area contributed by atoms with Gasteiger partial charge in [-0.3, -0.25) is 4.90 Å². The number of hydrogen-bond acceptors (Lipinski definition) is 2. The molecule has 1 heterocycles. The van der Waals surface area contributed by atoms with Crippen molar-refractivity contribution in [3.8, 4) is 0 Å². The van der Waals surface area contributed by atoms with Crippen LogP contribution in [0.15, 0.2) is 30.3 Å². The van der Waals surface area contributed by atoms with Gasteiger partial charge in [-0.1, -0.05) is 18.2 Å². The molecular formula is C12H10ClF4NO2. The number of halogens is 5. The lowest BCUT2D eigenvalue weighted by Crippen LogP contribution is -2.39. The van der Waals surface area contributed by atoms with Crippen LogP contribution >= 0.6 is 11.6 Å². The Hall–Kier alpha value is -1.50. The van der Waals surface area contributed by atoms with Crippen molar-refractivity contribution in [2.45, 2.75) is 23.8 Å². The number of alkyl halides is 5. The maximum atomic E-state index is 13.1. The summed E-state index contributed by atoms with van der Waals surface area (Å²) in [6.45, 7) is -0.231. The molecule has 0 aromatic heterocycles. The number of anilines is 1. The first-order chi connectivity index (χ1) is 9.21. The average Bonchev–Trinajstić information content (AvgIpc) is 2.69. The summed E-state index contributed by atoms with van der Waals surface area (Å²) in [5, 5.41) is -4.68. The first-order valence-corrected chi connectivity index (χ1v) is 6.06. The van der Waals surface area contributed by atoms with E-state index < -0.39 is 29.9 Å². The van der Waals surface area contributed by atoms with Crippen molar-refractivity contribution in [1.29, 1.82) is 0 Å². The molecule has 0 spiro atoms. The van der Waals surface area contributed by atoms with E-state index in [0.717, 1.165) is 4.90 Å². The smallest absolute Gasteiger partial charge is 0.414 e. The predicted molar refractivity (Wildman–Crippen MR) is 64.4 cm³/mol. The fourth-order valence-corrected chi connectivity index (χ4v) is 1.93. The highest BCUT2D eigenvalue weighted by Gasteiger charge is 2.57. The van der Waals surface area contributed by atoms with Crippen LogP contribution in [-0.2, 0) is 4.74 Å². The maximum Gasteiger partial charge on any atom is 0.414 e. The molecular weight excluding hydrogens is 302 g/mol. The highest BCUT2D eigenvalue weighted by atomic mass is 35.5. The molecule has 110 valence electrons. The second kappa shape index (κ2) is 5.12. The van der Waals surface area contributed by atoms with Gasteiger partial charge in [-0.2, -0.15) is 17.6 Å². The summed E-state index contributed by atoms with van der Waals surface area (Å²) in [6, 6.07) is 8.18. The fraction of sp³-hybridized carbons (Fsp3) is 0.417. The van der Waals surface area contributed by atoms with E-state index >= 15 is 0 Å². The standard InChI is InChI=1S/C12H10ClF4NO2/c13-12(16,17)11(14,15)6-9-7-18(10(19)20-9)8-4-2-1-3-5-8/h1-5,9H,6-7H2. The molecule has 1 aromatic carbocycles. The molecule has 1 aliphatic heterocycles. The van der Waals surface area contributed by atoms with Gasteiger partial charge in [-0.25, -0.2) is 4.79 Å². The minimum atomic E-state index is -4.68. The Morgan fingerprint density at radius 1 is 1.25 bits per heavy atom. The molecule has 1 unspecified atom stereocenters. The van der Waals surface area contributed by atoms with Crippen molar-refractivity contribution in [2.24, 2.45) is 0 Å². The number of carbonyl (C=O) groups excluding carboxylic acids is 1. The lowest BCUT2D eigenvalue weighted by atomic mass is 10.1. The molecule has 1 atom stereocenters. The van der Waals surface area contributed by atoms with Crippen LogP contribution < -0.4 is 4.90 Å². The molecule has 0 saturated carbocycles. The van der Waals surface area contributed by atoms with Crippen LogP contribution in [0.25, 0.3) is 0 Å². The highest BCUT2D eigenvalue weighted by Crippen LogP contribution is 2.42. The molecule has 0 radical (unpaired) electrons. The van der Waals surface area contributed by atoms with Crippen molar-refractivity contribution in [3.05, 3.63) is 30.3 Å². The summed E-state index contributed by atoms with van der Waals surface area (Å²) in [4.78, 5) is 12.7. The van der Waals surface area contributed by atoms with E-state index in [1.165, 1.54) is 0 Å². The first kappa shape index (κ1) is 14.9. The van der Waals surface area contributed by atoms with Crippen LogP contribution in [0.2, 0.25) is 0 Å². The molecule has 8 heteroatoms. The molecule has 1 saturated heterocycles. The maximum absolute atomic E-state index is 13.1. The van der Waals surface area contributed by atoms with Crippen molar-refractivity contribution in [1.82, 2.24) is 0 Å². The Morgan fingerprint density at radius 3 is 2.40 bits per heavy atom. The molecule has 1 amide bonds. The molecule has 1 aromatic rings. The zero-order valence-electron chi connectivity index (χ0n) is 10.0. The number of carbonyl (C=O) groups is 1. The summed E-state index contributed by atoms with van der Waals surface area (Å²) in [5.41, 5.74) is 0.445. The average molecular weight is 312 g/mol. The summed E-state index contributed by atoms with van der Waals surface area (Å²) in [5.74, 6) is -4.45. The third kappa shape index (κ3) is 2.98. The van der Waals surface area contributed by atoms with Gasteiger partial charge in [0.2, 0.25) is 0 Å². The molecule has 3 nitrogen and oxygen atoms in total. The number of ether oxygens (including phenoxy) is 1. The van der Waals surface area contributed by atoms with E-state index in [4.69, 9.17) is 0 Å². The van der Waals surface area contributed by atoms with Crippen LogP contribution in [0, 0.1) is 0 Å². The van der Waals surface area contributed by atoms with Gasteiger partial charge in [-0.05, 0) is 23.7 Å². The van der Waals surface area contributed by atoms with Crippen molar-refractivity contribution in [2.75, 3.05) is 11.4 Å². The number of nitrogens with zero attached hydrogens (tertiary/aromatic N) is 1. The number of hydrogen-bond donors (Lipinski definition) is 0. The molecule has 2 rings (SSSR count). The molecule has 1 aliphatic rings. The second-order valence-corrected chi connectivity index (χ2v) is 4.83. The topological polar surface area (TPSA) is 29.5 Å². The summed E-state index contributed by atoms with van der Waals surface area (Å²) in [7, 11) is 0. The minimum Gasteiger partial charge on any atom is -0.444 e. The van der Waals surface area contributed by atoms with E-state index in [2.05, 4.69) is 16.3 Å². The molecule has 0 bridgehead atoms. The van der Waals surface area contributed by atoms with E-state index in [9.17, 15) is 22.4 Å². The first-order valence-electron chi connectivity index (χ1n) is 5.68. The van der Waals surface area contributed by atoms with Crippen LogP contribution in [-0.4, -0.2) is 30.0 Å². The number of cyclic esters (lactones) is 1. The monoisotopic (exact) mass is 311 g/mol.